The third-order valence-electron chi connectivity index (χ3n) is 8.43. The van der Waals surface area contributed by atoms with Gasteiger partial charge < -0.3 is 8.97 Å². The highest BCUT2D eigenvalue weighted by Crippen LogP contribution is 2.31. The van der Waals surface area contributed by atoms with E-state index < -0.39 is 0 Å². The average Bonchev–Trinajstić information content (AvgIpc) is 2.64. The quantitative estimate of drug-likeness (QED) is 0.410. The molecule has 27 heavy (non-hydrogen) atoms. The van der Waals surface area contributed by atoms with Gasteiger partial charge in [0.1, 0.15) is 0 Å². The molecule has 0 radical (unpaired) electrons. The summed E-state index contributed by atoms with van der Waals surface area (Å²) < 4.78 is 2.70. The van der Waals surface area contributed by atoms with Crippen LogP contribution in [0.15, 0.2) is 0 Å². The Labute approximate surface area is 171 Å². The zero-order valence-electron chi connectivity index (χ0n) is 19.8. The average molecular weight is 381 g/mol. The molecule has 2 heterocycles. The fraction of sp³-hybridized carbons (Fsp3) is 1.00. The van der Waals surface area contributed by atoms with Crippen molar-refractivity contribution in [1.29, 1.82) is 0 Å². The van der Waals surface area contributed by atoms with Crippen LogP contribution in [0.2, 0.25) is 0 Å². The Morgan fingerprint density at radius 1 is 0.667 bits per heavy atom. The first-order valence-corrected chi connectivity index (χ1v) is 12.4. The van der Waals surface area contributed by atoms with E-state index in [0.717, 1.165) is 23.7 Å². The Morgan fingerprint density at radius 2 is 1.00 bits per heavy atom. The van der Waals surface area contributed by atoms with Gasteiger partial charge in [-0.15, -0.1) is 0 Å². The number of rotatable bonds is 10. The van der Waals surface area contributed by atoms with Crippen LogP contribution < -0.4 is 0 Å². The van der Waals surface area contributed by atoms with Crippen molar-refractivity contribution in [2.75, 3.05) is 53.4 Å². The van der Waals surface area contributed by atoms with E-state index in [1.54, 1.807) is 0 Å². The summed E-state index contributed by atoms with van der Waals surface area (Å²) in [7, 11) is 5.03. The van der Waals surface area contributed by atoms with E-state index in [1.165, 1.54) is 106 Å². The van der Waals surface area contributed by atoms with Gasteiger partial charge in [0.15, 0.2) is 0 Å². The molecule has 2 rings (SSSR count). The summed E-state index contributed by atoms with van der Waals surface area (Å²) in [6.07, 6.45) is 13.2. The number of likely N-dealkylation sites (tertiary alicyclic amines) is 2. The minimum Gasteiger partial charge on any atom is -0.326 e. The summed E-state index contributed by atoms with van der Waals surface area (Å²) in [5, 5.41) is 0. The monoisotopic (exact) mass is 380 g/mol. The lowest BCUT2D eigenvalue weighted by atomic mass is 9.85. The lowest BCUT2D eigenvalue weighted by Crippen LogP contribution is -2.52. The van der Waals surface area contributed by atoms with Crippen molar-refractivity contribution in [3.05, 3.63) is 0 Å². The largest absolute Gasteiger partial charge is 0.326 e. The zero-order chi connectivity index (χ0) is 19.9. The van der Waals surface area contributed by atoms with Crippen molar-refractivity contribution < 1.29 is 8.97 Å². The maximum absolute atomic E-state index is 2.51. The van der Waals surface area contributed by atoms with Gasteiger partial charge in [-0.2, -0.15) is 0 Å². The highest BCUT2D eigenvalue weighted by Gasteiger charge is 2.32. The summed E-state index contributed by atoms with van der Waals surface area (Å²) in [6, 6.07) is 0. The minimum atomic E-state index is 0.891. The molecule has 0 aromatic rings. The smallest absolute Gasteiger partial charge is 0.0810 e. The van der Waals surface area contributed by atoms with E-state index in [-0.39, 0.29) is 0 Å². The molecule has 0 N–H and O–H groups in total. The van der Waals surface area contributed by atoms with Crippen molar-refractivity contribution in [3.8, 4) is 0 Å². The maximum Gasteiger partial charge on any atom is 0.0810 e. The summed E-state index contributed by atoms with van der Waals surface area (Å²) in [6.45, 7) is 18.1. The predicted molar refractivity (Wildman–Crippen MR) is 120 cm³/mol. The Hall–Kier alpha value is -0.0800. The molecule has 0 saturated carbocycles. The standard InChI is InChI=1S/C25H52N2/c1-7-22(3)20-26(5)16-12-24(13-17-26)10-9-11-25-14-18-27(6,19-15-25)21-23(4)8-2/h22-25H,7-21H2,1-6H3/q+2. The summed E-state index contributed by atoms with van der Waals surface area (Å²) in [4.78, 5) is 0. The summed E-state index contributed by atoms with van der Waals surface area (Å²) in [5.74, 6) is 3.84. The van der Waals surface area contributed by atoms with Crippen LogP contribution in [0.4, 0.5) is 0 Å². The van der Waals surface area contributed by atoms with Crippen molar-refractivity contribution >= 4 is 0 Å². The number of nitrogens with zero attached hydrogens (tertiary/aromatic N) is 2. The van der Waals surface area contributed by atoms with E-state index >= 15 is 0 Å². The second-order valence-electron chi connectivity index (χ2n) is 11.3. The molecule has 0 aliphatic carbocycles. The van der Waals surface area contributed by atoms with E-state index in [0.29, 0.717) is 0 Å². The molecule has 2 atom stereocenters. The van der Waals surface area contributed by atoms with Crippen LogP contribution in [-0.4, -0.2) is 62.3 Å². The first kappa shape index (κ1) is 23.2. The first-order valence-electron chi connectivity index (χ1n) is 12.4. The topological polar surface area (TPSA) is 0 Å². The van der Waals surface area contributed by atoms with Gasteiger partial charge in [-0.3, -0.25) is 0 Å². The van der Waals surface area contributed by atoms with Crippen LogP contribution >= 0.6 is 0 Å². The van der Waals surface area contributed by atoms with Crippen LogP contribution in [0.5, 0.6) is 0 Å². The van der Waals surface area contributed by atoms with E-state index in [4.69, 9.17) is 0 Å². The predicted octanol–water partition coefficient (Wildman–Crippen LogP) is 5.96. The fourth-order valence-electron chi connectivity index (χ4n) is 5.89. The lowest BCUT2D eigenvalue weighted by Gasteiger charge is -2.43. The molecule has 2 heteroatoms. The van der Waals surface area contributed by atoms with Gasteiger partial charge in [-0.05, 0) is 50.4 Å². The third-order valence-corrected chi connectivity index (χ3v) is 8.43. The molecule has 0 bridgehead atoms. The molecule has 2 aliphatic rings. The van der Waals surface area contributed by atoms with Crippen LogP contribution in [0.1, 0.15) is 85.5 Å². The van der Waals surface area contributed by atoms with Crippen LogP contribution in [0.25, 0.3) is 0 Å². The number of quaternary nitrogens is 2. The SMILES string of the molecule is CCC(C)C[N+]1(C)CCC(CCCC2CC[N+](C)(CC(C)CC)CC2)CC1. The zero-order valence-corrected chi connectivity index (χ0v) is 19.8. The molecule has 0 aromatic carbocycles. The van der Waals surface area contributed by atoms with Gasteiger partial charge in [0.05, 0.1) is 53.4 Å². The Kier molecular flexibility index (Phi) is 9.13. The summed E-state index contributed by atoms with van der Waals surface area (Å²) in [5.41, 5.74) is 0. The molecule has 160 valence electrons. The lowest BCUT2D eigenvalue weighted by molar-refractivity contribution is -0.918. The van der Waals surface area contributed by atoms with Crippen LogP contribution in [0.3, 0.4) is 0 Å². The third kappa shape index (κ3) is 7.69. The second-order valence-corrected chi connectivity index (χ2v) is 11.3. The molecular formula is C25H52N2+2. The van der Waals surface area contributed by atoms with E-state index in [2.05, 4.69) is 41.8 Å². The van der Waals surface area contributed by atoms with Crippen LogP contribution in [-0.2, 0) is 0 Å². The molecule has 2 unspecified atom stereocenters. The number of piperidine rings is 2. The van der Waals surface area contributed by atoms with Crippen molar-refractivity contribution in [3.63, 3.8) is 0 Å². The molecule has 0 aromatic heterocycles. The minimum absolute atomic E-state index is 0.891. The number of hydrogen-bond donors (Lipinski definition) is 0. The summed E-state index contributed by atoms with van der Waals surface area (Å²) >= 11 is 0. The van der Waals surface area contributed by atoms with Gasteiger partial charge in [0.2, 0.25) is 0 Å². The fourth-order valence-corrected chi connectivity index (χ4v) is 5.89. The Morgan fingerprint density at radius 3 is 1.30 bits per heavy atom. The van der Waals surface area contributed by atoms with Gasteiger partial charge in [0, 0.05) is 11.8 Å². The molecule has 0 spiro atoms. The van der Waals surface area contributed by atoms with Gasteiger partial charge in [-0.1, -0.05) is 47.0 Å². The van der Waals surface area contributed by atoms with E-state index in [1.807, 2.05) is 0 Å². The highest BCUT2D eigenvalue weighted by atomic mass is 15.3. The van der Waals surface area contributed by atoms with Gasteiger partial charge >= 0.3 is 0 Å². The number of hydrogen-bond acceptors (Lipinski definition) is 0. The van der Waals surface area contributed by atoms with Crippen LogP contribution in [0, 0.1) is 23.7 Å². The van der Waals surface area contributed by atoms with Gasteiger partial charge in [-0.25, -0.2) is 0 Å². The first-order chi connectivity index (χ1) is 12.8. The highest BCUT2D eigenvalue weighted by molar-refractivity contribution is 4.70. The molecule has 2 aliphatic heterocycles. The second kappa shape index (κ2) is 10.6. The molecule has 2 saturated heterocycles. The molecule has 0 amide bonds. The van der Waals surface area contributed by atoms with Crippen molar-refractivity contribution in [2.45, 2.75) is 85.5 Å². The van der Waals surface area contributed by atoms with Gasteiger partial charge in [0.25, 0.3) is 0 Å². The maximum atomic E-state index is 2.51. The van der Waals surface area contributed by atoms with Crippen molar-refractivity contribution in [2.24, 2.45) is 23.7 Å². The molecular weight excluding hydrogens is 328 g/mol. The normalized spacial score (nSPS) is 37.1. The van der Waals surface area contributed by atoms with E-state index in [9.17, 15) is 0 Å². The van der Waals surface area contributed by atoms with Crippen molar-refractivity contribution in [1.82, 2.24) is 0 Å². The molecule has 2 fully saturated rings. The molecule has 2 nitrogen and oxygen atoms in total. The Bertz CT molecular complexity index is 365. The Balaban J connectivity index is 1.60.